The number of aromatic nitrogens is 2. The van der Waals surface area contributed by atoms with Gasteiger partial charge in [0.1, 0.15) is 0 Å². The number of fused-ring (bicyclic) bond motifs is 7. The highest BCUT2D eigenvalue weighted by Gasteiger charge is 2.68. The Bertz CT molecular complexity index is 1170. The van der Waals surface area contributed by atoms with Gasteiger partial charge in [0, 0.05) is 19.0 Å². The molecular weight excluding hydrogens is 358 g/mol. The first kappa shape index (κ1) is 17.1. The molecular formula is C25H25N3O. The van der Waals surface area contributed by atoms with Gasteiger partial charge in [-0.05, 0) is 47.9 Å². The Kier molecular flexibility index (Phi) is 3.34. The van der Waals surface area contributed by atoms with Gasteiger partial charge in [-0.25, -0.2) is 9.97 Å². The molecule has 29 heavy (non-hydrogen) atoms. The molecule has 1 fully saturated rings. The minimum Gasteiger partial charge on any atom is -0.337 e. The molecule has 146 valence electrons. The van der Waals surface area contributed by atoms with Gasteiger partial charge >= 0.3 is 0 Å². The summed E-state index contributed by atoms with van der Waals surface area (Å²) in [6.45, 7) is 6.01. The van der Waals surface area contributed by atoms with Crippen LogP contribution in [0.15, 0.2) is 48.5 Å². The predicted octanol–water partition coefficient (Wildman–Crippen LogP) is 4.37. The standard InChI is InChI=1S/C25H25N3O/c1-24(2)18-11-13-25(24,22-21(18)26-19-9-5-6-10-20(19)27-22)23(29)28-14-12-16-7-3-4-8-17(16)15-28/h3-10,18H,11-15H2,1-2H3. The number of nitrogens with zero attached hydrogens (tertiary/aromatic N) is 3. The highest BCUT2D eigenvalue weighted by Crippen LogP contribution is 2.67. The lowest BCUT2D eigenvalue weighted by molar-refractivity contribution is -0.142. The number of para-hydroxylation sites is 2. The van der Waals surface area contributed by atoms with Gasteiger partial charge in [0.2, 0.25) is 5.91 Å². The van der Waals surface area contributed by atoms with Crippen LogP contribution in [0, 0.1) is 5.41 Å². The van der Waals surface area contributed by atoms with E-state index in [0.29, 0.717) is 12.5 Å². The molecule has 2 aromatic carbocycles. The van der Waals surface area contributed by atoms with E-state index in [2.05, 4.69) is 43.0 Å². The zero-order valence-electron chi connectivity index (χ0n) is 17.0. The van der Waals surface area contributed by atoms with Crippen LogP contribution < -0.4 is 0 Å². The van der Waals surface area contributed by atoms with Crippen LogP contribution in [0.3, 0.4) is 0 Å². The number of hydrogen-bond acceptors (Lipinski definition) is 3. The van der Waals surface area contributed by atoms with Gasteiger partial charge in [0.05, 0.1) is 27.8 Å². The van der Waals surface area contributed by atoms with Crippen molar-refractivity contribution < 1.29 is 4.79 Å². The lowest BCUT2D eigenvalue weighted by Gasteiger charge is -2.41. The molecule has 3 aromatic rings. The maximum absolute atomic E-state index is 14.2. The molecule has 0 N–H and O–H groups in total. The third-order valence-electron chi connectivity index (χ3n) is 7.89. The van der Waals surface area contributed by atoms with E-state index in [1.165, 1.54) is 11.1 Å². The minimum absolute atomic E-state index is 0.166. The number of amides is 1. The summed E-state index contributed by atoms with van der Waals surface area (Å²) < 4.78 is 0. The van der Waals surface area contributed by atoms with E-state index in [1.54, 1.807) is 0 Å². The second-order valence-corrected chi connectivity index (χ2v) is 9.41. The summed E-state index contributed by atoms with van der Waals surface area (Å²) in [5, 5.41) is 0. The summed E-state index contributed by atoms with van der Waals surface area (Å²) in [6, 6.07) is 16.6. The second kappa shape index (κ2) is 5.65. The highest BCUT2D eigenvalue weighted by molar-refractivity contribution is 5.92. The van der Waals surface area contributed by atoms with Crippen molar-refractivity contribution in [3.8, 4) is 0 Å². The summed E-state index contributed by atoms with van der Waals surface area (Å²) >= 11 is 0. The summed E-state index contributed by atoms with van der Waals surface area (Å²) in [4.78, 5) is 26.3. The van der Waals surface area contributed by atoms with Gasteiger partial charge in [0.25, 0.3) is 0 Å². The Morgan fingerprint density at radius 1 is 1.00 bits per heavy atom. The Morgan fingerprint density at radius 2 is 1.69 bits per heavy atom. The van der Waals surface area contributed by atoms with Crippen LogP contribution in [0.25, 0.3) is 11.0 Å². The number of benzene rings is 2. The second-order valence-electron chi connectivity index (χ2n) is 9.41. The van der Waals surface area contributed by atoms with Crippen molar-refractivity contribution in [2.75, 3.05) is 6.54 Å². The van der Waals surface area contributed by atoms with Gasteiger partial charge in [-0.3, -0.25) is 4.79 Å². The van der Waals surface area contributed by atoms with Crippen LogP contribution in [-0.2, 0) is 23.2 Å². The third kappa shape index (κ3) is 2.07. The molecule has 2 unspecified atom stereocenters. The molecule has 1 amide bonds. The van der Waals surface area contributed by atoms with Crippen LogP contribution in [0.2, 0.25) is 0 Å². The van der Waals surface area contributed by atoms with Gasteiger partial charge in [-0.15, -0.1) is 0 Å². The molecule has 2 aliphatic carbocycles. The third-order valence-corrected chi connectivity index (χ3v) is 7.89. The van der Waals surface area contributed by atoms with Crippen molar-refractivity contribution in [1.82, 2.24) is 14.9 Å². The number of rotatable bonds is 1. The topological polar surface area (TPSA) is 46.1 Å². The summed E-state index contributed by atoms with van der Waals surface area (Å²) in [6.07, 6.45) is 2.82. The average Bonchev–Trinajstić information content (AvgIpc) is 3.12. The normalized spacial score (nSPS) is 26.4. The van der Waals surface area contributed by atoms with Crippen LogP contribution in [0.4, 0.5) is 0 Å². The summed E-state index contributed by atoms with van der Waals surface area (Å²) in [7, 11) is 0. The fraction of sp³-hybridized carbons (Fsp3) is 0.400. The van der Waals surface area contributed by atoms with Gasteiger partial charge in [-0.2, -0.15) is 0 Å². The average molecular weight is 383 g/mol. The first-order chi connectivity index (χ1) is 14.0. The molecule has 4 nitrogen and oxygen atoms in total. The monoisotopic (exact) mass is 383 g/mol. The molecule has 1 aliphatic heterocycles. The van der Waals surface area contributed by atoms with Crippen molar-refractivity contribution in [2.24, 2.45) is 5.41 Å². The molecule has 0 saturated heterocycles. The summed E-state index contributed by atoms with van der Waals surface area (Å²) in [5.74, 6) is 0.554. The highest BCUT2D eigenvalue weighted by atomic mass is 16.2. The molecule has 3 aliphatic rings. The van der Waals surface area contributed by atoms with Gasteiger partial charge in [0.15, 0.2) is 0 Å². The van der Waals surface area contributed by atoms with Gasteiger partial charge in [-0.1, -0.05) is 50.2 Å². The quantitative estimate of drug-likeness (QED) is 0.627. The first-order valence-electron chi connectivity index (χ1n) is 10.7. The van der Waals surface area contributed by atoms with E-state index in [0.717, 1.165) is 48.2 Å². The largest absolute Gasteiger partial charge is 0.337 e. The number of hydrogen-bond donors (Lipinski definition) is 0. The van der Waals surface area contributed by atoms with Gasteiger partial charge < -0.3 is 4.90 Å². The van der Waals surface area contributed by atoms with Crippen LogP contribution in [-0.4, -0.2) is 27.3 Å². The predicted molar refractivity (Wildman–Crippen MR) is 113 cm³/mol. The Labute approximate surface area is 171 Å². The maximum atomic E-state index is 14.2. The maximum Gasteiger partial charge on any atom is 0.235 e. The zero-order chi connectivity index (χ0) is 19.8. The lowest BCUT2D eigenvalue weighted by atomic mass is 9.67. The lowest BCUT2D eigenvalue weighted by Crippen LogP contribution is -2.52. The Hall–Kier alpha value is -2.75. The fourth-order valence-electron chi connectivity index (χ4n) is 6.24. The zero-order valence-corrected chi connectivity index (χ0v) is 17.0. The number of carbonyl (C=O) groups is 1. The fourth-order valence-corrected chi connectivity index (χ4v) is 6.24. The Balaban J connectivity index is 1.49. The van der Waals surface area contributed by atoms with E-state index in [4.69, 9.17) is 9.97 Å². The molecule has 0 spiro atoms. The van der Waals surface area contributed by atoms with Crippen molar-refractivity contribution in [3.63, 3.8) is 0 Å². The van der Waals surface area contributed by atoms with Crippen molar-refractivity contribution in [2.45, 2.75) is 51.0 Å². The smallest absolute Gasteiger partial charge is 0.235 e. The molecule has 1 saturated carbocycles. The van der Waals surface area contributed by atoms with E-state index in [9.17, 15) is 4.79 Å². The summed E-state index contributed by atoms with van der Waals surface area (Å²) in [5.41, 5.74) is 5.76. The molecule has 2 heterocycles. The first-order valence-corrected chi connectivity index (χ1v) is 10.7. The van der Waals surface area contributed by atoms with E-state index >= 15 is 0 Å². The molecule has 1 aromatic heterocycles. The van der Waals surface area contributed by atoms with Crippen molar-refractivity contribution in [1.29, 1.82) is 0 Å². The Morgan fingerprint density at radius 3 is 2.48 bits per heavy atom. The molecule has 4 heteroatoms. The van der Waals surface area contributed by atoms with E-state index < -0.39 is 5.41 Å². The molecule has 6 rings (SSSR count). The van der Waals surface area contributed by atoms with Crippen molar-refractivity contribution >= 4 is 16.9 Å². The van der Waals surface area contributed by atoms with E-state index in [-0.39, 0.29) is 11.3 Å². The molecule has 0 radical (unpaired) electrons. The minimum atomic E-state index is -0.559. The van der Waals surface area contributed by atoms with Crippen LogP contribution in [0.5, 0.6) is 0 Å². The van der Waals surface area contributed by atoms with E-state index in [1.807, 2.05) is 24.3 Å². The SMILES string of the molecule is CC1(C)C2CCC1(C(=O)N1CCc3ccccc3C1)c1nc3ccccc3nc12. The van der Waals surface area contributed by atoms with Crippen molar-refractivity contribution in [3.05, 3.63) is 71.0 Å². The molecule has 2 bridgehead atoms. The van der Waals surface area contributed by atoms with Crippen LogP contribution >= 0.6 is 0 Å². The molecule has 2 atom stereocenters. The van der Waals surface area contributed by atoms with Crippen LogP contribution in [0.1, 0.15) is 55.1 Å². The number of carbonyl (C=O) groups excluding carboxylic acids is 1.